The smallest absolute Gasteiger partial charge is 0.253 e. The topological polar surface area (TPSA) is 23.6 Å². The van der Waals surface area contributed by atoms with E-state index in [1.54, 1.807) is 0 Å². The molecule has 1 saturated heterocycles. The minimum absolute atomic E-state index is 0.141. The van der Waals surface area contributed by atoms with Gasteiger partial charge in [0, 0.05) is 48.4 Å². The first kappa shape index (κ1) is 19.8. The van der Waals surface area contributed by atoms with Crippen molar-refractivity contribution in [2.45, 2.75) is 39.0 Å². The fraction of sp³-hybridized carbons (Fsp3) is 0.435. The van der Waals surface area contributed by atoms with Gasteiger partial charge in [0.15, 0.2) is 0 Å². The highest BCUT2D eigenvalue weighted by Gasteiger charge is 2.24. The monoisotopic (exact) mass is 384 g/mol. The van der Waals surface area contributed by atoms with Crippen molar-refractivity contribution in [3.05, 3.63) is 64.7 Å². The first-order valence-corrected chi connectivity index (χ1v) is 10.4. The summed E-state index contributed by atoms with van der Waals surface area (Å²) >= 11 is 6.03. The number of carbonyl (C=O) groups excluding carboxylic acids is 1. The van der Waals surface area contributed by atoms with Gasteiger partial charge in [0.2, 0.25) is 0 Å². The van der Waals surface area contributed by atoms with Crippen LogP contribution in [0.1, 0.15) is 54.9 Å². The van der Waals surface area contributed by atoms with Gasteiger partial charge in [-0.15, -0.1) is 0 Å². The van der Waals surface area contributed by atoms with Gasteiger partial charge < -0.3 is 9.80 Å². The Morgan fingerprint density at radius 2 is 1.70 bits per heavy atom. The van der Waals surface area contributed by atoms with Crippen LogP contribution in [-0.4, -0.2) is 37.0 Å². The second-order valence-corrected chi connectivity index (χ2v) is 7.65. The number of nitrogens with zero attached hydrogens (tertiary/aromatic N) is 2. The highest BCUT2D eigenvalue weighted by atomic mass is 35.5. The van der Waals surface area contributed by atoms with Gasteiger partial charge in [-0.3, -0.25) is 4.79 Å². The van der Waals surface area contributed by atoms with Crippen LogP contribution in [-0.2, 0) is 0 Å². The Bertz CT molecular complexity index is 738. The maximum Gasteiger partial charge on any atom is 0.253 e. The number of likely N-dealkylation sites (tertiary alicyclic amines) is 1. The number of hydrogen-bond acceptors (Lipinski definition) is 2. The Kier molecular flexibility index (Phi) is 6.78. The SMILES string of the molecule is CCN(CC)c1ccc(C(=O)N2CCCCC(c3ccc(Cl)cc3)C2)cc1. The fourth-order valence-corrected chi connectivity index (χ4v) is 4.05. The van der Waals surface area contributed by atoms with Crippen molar-refractivity contribution in [3.8, 4) is 0 Å². The molecule has 1 aliphatic heterocycles. The molecule has 1 fully saturated rings. The first-order chi connectivity index (χ1) is 13.1. The van der Waals surface area contributed by atoms with Crippen molar-refractivity contribution in [1.82, 2.24) is 4.90 Å². The third-order valence-corrected chi connectivity index (χ3v) is 5.79. The summed E-state index contributed by atoms with van der Waals surface area (Å²) in [6.45, 7) is 7.85. The molecule has 1 unspecified atom stereocenters. The fourth-order valence-electron chi connectivity index (χ4n) is 3.92. The molecule has 1 heterocycles. The number of benzene rings is 2. The van der Waals surface area contributed by atoms with E-state index in [0.717, 1.165) is 56.0 Å². The zero-order chi connectivity index (χ0) is 19.2. The van der Waals surface area contributed by atoms with Gasteiger partial charge in [0.25, 0.3) is 5.91 Å². The van der Waals surface area contributed by atoms with Crippen LogP contribution in [0.2, 0.25) is 5.02 Å². The lowest BCUT2D eigenvalue weighted by Crippen LogP contribution is -2.34. The minimum atomic E-state index is 0.141. The second kappa shape index (κ2) is 9.27. The molecule has 3 rings (SSSR count). The highest BCUT2D eigenvalue weighted by molar-refractivity contribution is 6.30. The average Bonchev–Trinajstić information content (AvgIpc) is 2.96. The number of carbonyl (C=O) groups is 1. The average molecular weight is 385 g/mol. The predicted molar refractivity (Wildman–Crippen MR) is 114 cm³/mol. The number of hydrogen-bond donors (Lipinski definition) is 0. The van der Waals surface area contributed by atoms with E-state index >= 15 is 0 Å². The molecular formula is C23H29ClN2O. The summed E-state index contributed by atoms with van der Waals surface area (Å²) in [5, 5.41) is 0.758. The third-order valence-electron chi connectivity index (χ3n) is 5.54. The highest BCUT2D eigenvalue weighted by Crippen LogP contribution is 2.28. The molecule has 0 aromatic heterocycles. The van der Waals surface area contributed by atoms with E-state index in [0.29, 0.717) is 5.92 Å². The van der Waals surface area contributed by atoms with Crippen LogP contribution in [0.15, 0.2) is 48.5 Å². The molecule has 0 spiro atoms. The van der Waals surface area contributed by atoms with Crippen LogP contribution in [0.5, 0.6) is 0 Å². The van der Waals surface area contributed by atoms with E-state index in [1.807, 2.05) is 29.2 Å². The molecule has 0 saturated carbocycles. The normalized spacial score (nSPS) is 17.4. The molecule has 4 heteroatoms. The molecule has 27 heavy (non-hydrogen) atoms. The van der Waals surface area contributed by atoms with Crippen LogP contribution in [0.25, 0.3) is 0 Å². The Hall–Kier alpha value is -2.00. The van der Waals surface area contributed by atoms with Crippen LogP contribution in [0.3, 0.4) is 0 Å². The van der Waals surface area contributed by atoms with Gasteiger partial charge in [0.05, 0.1) is 0 Å². The molecule has 2 aromatic rings. The van der Waals surface area contributed by atoms with E-state index in [4.69, 9.17) is 11.6 Å². The van der Waals surface area contributed by atoms with Crippen molar-refractivity contribution in [1.29, 1.82) is 0 Å². The summed E-state index contributed by atoms with van der Waals surface area (Å²) in [6.07, 6.45) is 3.33. The largest absolute Gasteiger partial charge is 0.372 e. The van der Waals surface area contributed by atoms with Crippen LogP contribution >= 0.6 is 11.6 Å². The molecule has 2 aromatic carbocycles. The van der Waals surface area contributed by atoms with E-state index in [1.165, 1.54) is 11.3 Å². The zero-order valence-electron chi connectivity index (χ0n) is 16.3. The Balaban J connectivity index is 1.73. The number of rotatable bonds is 5. The molecule has 0 aliphatic carbocycles. The van der Waals surface area contributed by atoms with Gasteiger partial charge in [-0.25, -0.2) is 0 Å². The Morgan fingerprint density at radius 3 is 2.33 bits per heavy atom. The van der Waals surface area contributed by atoms with Gasteiger partial charge >= 0.3 is 0 Å². The van der Waals surface area contributed by atoms with E-state index < -0.39 is 0 Å². The van der Waals surface area contributed by atoms with Crippen molar-refractivity contribution >= 4 is 23.2 Å². The standard InChI is InChI=1S/C23H29ClN2O/c1-3-25(4-2)22-14-10-19(11-15-22)23(27)26-16-6-5-7-20(17-26)18-8-12-21(24)13-9-18/h8-15,20H,3-7,16-17H2,1-2H3. The summed E-state index contributed by atoms with van der Waals surface area (Å²) in [6, 6.07) is 16.2. The van der Waals surface area contributed by atoms with E-state index in [2.05, 4.69) is 43.0 Å². The molecule has 144 valence electrons. The molecule has 1 amide bonds. The summed E-state index contributed by atoms with van der Waals surface area (Å²) < 4.78 is 0. The third kappa shape index (κ3) is 4.84. The molecule has 1 atom stereocenters. The lowest BCUT2D eigenvalue weighted by molar-refractivity contribution is 0.0754. The Labute approximate surface area is 167 Å². The molecule has 1 aliphatic rings. The minimum Gasteiger partial charge on any atom is -0.372 e. The molecule has 0 radical (unpaired) electrons. The van der Waals surface area contributed by atoms with Crippen molar-refractivity contribution in [2.75, 3.05) is 31.1 Å². The Morgan fingerprint density at radius 1 is 1.04 bits per heavy atom. The van der Waals surface area contributed by atoms with Crippen LogP contribution in [0.4, 0.5) is 5.69 Å². The number of anilines is 1. The quantitative estimate of drug-likeness (QED) is 0.670. The van der Waals surface area contributed by atoms with Crippen molar-refractivity contribution in [3.63, 3.8) is 0 Å². The summed E-state index contributed by atoms with van der Waals surface area (Å²) in [7, 11) is 0. The molecular weight excluding hydrogens is 356 g/mol. The first-order valence-electron chi connectivity index (χ1n) is 10.0. The maximum absolute atomic E-state index is 13.1. The number of halogens is 1. The van der Waals surface area contributed by atoms with Gasteiger partial charge in [-0.1, -0.05) is 30.2 Å². The van der Waals surface area contributed by atoms with E-state index in [-0.39, 0.29) is 5.91 Å². The van der Waals surface area contributed by atoms with Crippen molar-refractivity contribution in [2.24, 2.45) is 0 Å². The van der Waals surface area contributed by atoms with Crippen LogP contribution < -0.4 is 4.90 Å². The molecule has 3 nitrogen and oxygen atoms in total. The van der Waals surface area contributed by atoms with Gasteiger partial charge in [-0.05, 0) is 68.7 Å². The number of amides is 1. The maximum atomic E-state index is 13.1. The zero-order valence-corrected chi connectivity index (χ0v) is 17.1. The summed E-state index contributed by atoms with van der Waals surface area (Å²) in [5.74, 6) is 0.519. The molecule has 0 bridgehead atoms. The summed E-state index contributed by atoms with van der Waals surface area (Å²) in [4.78, 5) is 17.4. The van der Waals surface area contributed by atoms with Crippen LogP contribution in [0, 0.1) is 0 Å². The lowest BCUT2D eigenvalue weighted by Gasteiger charge is -2.26. The predicted octanol–water partition coefficient (Wildman–Crippen LogP) is 5.60. The lowest BCUT2D eigenvalue weighted by atomic mass is 9.94. The van der Waals surface area contributed by atoms with Gasteiger partial charge in [-0.2, -0.15) is 0 Å². The second-order valence-electron chi connectivity index (χ2n) is 7.21. The summed E-state index contributed by atoms with van der Waals surface area (Å²) in [5.41, 5.74) is 3.23. The van der Waals surface area contributed by atoms with Gasteiger partial charge in [0.1, 0.15) is 0 Å². The molecule has 0 N–H and O–H groups in total. The van der Waals surface area contributed by atoms with E-state index in [9.17, 15) is 4.79 Å². The van der Waals surface area contributed by atoms with Crippen molar-refractivity contribution < 1.29 is 4.79 Å².